The first-order chi connectivity index (χ1) is 6.95. The Labute approximate surface area is 89.0 Å². The maximum Gasteiger partial charge on any atom is 0.178 e. The van der Waals surface area contributed by atoms with Gasteiger partial charge in [0.15, 0.2) is 9.84 Å². The van der Waals surface area contributed by atoms with Crippen molar-refractivity contribution in [2.75, 3.05) is 11.5 Å². The van der Waals surface area contributed by atoms with Gasteiger partial charge in [0.05, 0.1) is 10.6 Å². The maximum atomic E-state index is 12.9. The summed E-state index contributed by atoms with van der Waals surface area (Å²) in [6.45, 7) is 1.90. The molecule has 0 atom stereocenters. The summed E-state index contributed by atoms with van der Waals surface area (Å²) >= 11 is 0. The van der Waals surface area contributed by atoms with E-state index in [0.29, 0.717) is 6.42 Å². The monoisotopic (exact) mass is 231 g/mol. The second-order valence-corrected chi connectivity index (χ2v) is 5.50. The SMILES string of the molecule is CCCCS(=O)(=O)c1cc(N)cc(F)c1. The zero-order valence-electron chi connectivity index (χ0n) is 8.53. The summed E-state index contributed by atoms with van der Waals surface area (Å²) in [6.07, 6.45) is 1.35. The number of sulfone groups is 1. The average Bonchev–Trinajstić information content (AvgIpc) is 2.13. The quantitative estimate of drug-likeness (QED) is 0.806. The van der Waals surface area contributed by atoms with E-state index in [4.69, 9.17) is 5.73 Å². The van der Waals surface area contributed by atoms with Crippen LogP contribution in [0.15, 0.2) is 23.1 Å². The van der Waals surface area contributed by atoms with Crippen LogP contribution >= 0.6 is 0 Å². The van der Waals surface area contributed by atoms with E-state index in [9.17, 15) is 12.8 Å². The number of anilines is 1. The molecular weight excluding hydrogens is 217 g/mol. The van der Waals surface area contributed by atoms with Crippen molar-refractivity contribution in [3.05, 3.63) is 24.0 Å². The molecule has 0 fully saturated rings. The number of halogens is 1. The van der Waals surface area contributed by atoms with Gasteiger partial charge in [-0.05, 0) is 24.6 Å². The molecule has 1 aromatic carbocycles. The Balaban J connectivity index is 3.04. The number of benzene rings is 1. The zero-order valence-corrected chi connectivity index (χ0v) is 9.35. The maximum absolute atomic E-state index is 12.9. The van der Waals surface area contributed by atoms with Gasteiger partial charge in [0.25, 0.3) is 0 Å². The van der Waals surface area contributed by atoms with Gasteiger partial charge in [0.2, 0.25) is 0 Å². The molecule has 2 N–H and O–H groups in total. The Bertz CT molecular complexity index is 422. The van der Waals surface area contributed by atoms with E-state index in [1.807, 2.05) is 6.92 Å². The number of nitrogen functional groups attached to an aromatic ring is 1. The van der Waals surface area contributed by atoms with Gasteiger partial charge in [-0.1, -0.05) is 13.3 Å². The van der Waals surface area contributed by atoms with Crippen molar-refractivity contribution in [3.63, 3.8) is 0 Å². The first kappa shape index (κ1) is 12.0. The van der Waals surface area contributed by atoms with Crippen LogP contribution in [0.4, 0.5) is 10.1 Å². The van der Waals surface area contributed by atoms with Gasteiger partial charge < -0.3 is 5.73 Å². The Hall–Kier alpha value is -1.10. The predicted molar refractivity (Wildman–Crippen MR) is 57.8 cm³/mol. The van der Waals surface area contributed by atoms with Crippen LogP contribution in [0.3, 0.4) is 0 Å². The Morgan fingerprint density at radius 1 is 1.33 bits per heavy atom. The molecule has 3 nitrogen and oxygen atoms in total. The van der Waals surface area contributed by atoms with Crippen LogP contribution in [-0.4, -0.2) is 14.2 Å². The minimum Gasteiger partial charge on any atom is -0.399 e. The lowest BCUT2D eigenvalue weighted by molar-refractivity contribution is 0.588. The number of unbranched alkanes of at least 4 members (excludes halogenated alkanes) is 1. The summed E-state index contributed by atoms with van der Waals surface area (Å²) in [5.74, 6) is -0.586. The van der Waals surface area contributed by atoms with Gasteiger partial charge in [-0.3, -0.25) is 0 Å². The third-order valence-electron chi connectivity index (χ3n) is 2.02. The summed E-state index contributed by atoms with van der Waals surface area (Å²) in [4.78, 5) is -0.0338. The van der Waals surface area contributed by atoms with Crippen molar-refractivity contribution in [2.45, 2.75) is 24.7 Å². The van der Waals surface area contributed by atoms with E-state index in [1.54, 1.807) is 0 Å². The second kappa shape index (κ2) is 4.61. The van der Waals surface area contributed by atoms with Crippen LogP contribution in [0.5, 0.6) is 0 Å². The Kier molecular flexibility index (Phi) is 3.68. The largest absolute Gasteiger partial charge is 0.399 e. The van der Waals surface area contributed by atoms with Crippen LogP contribution in [0, 0.1) is 5.82 Å². The Morgan fingerprint density at radius 3 is 2.53 bits per heavy atom. The van der Waals surface area contributed by atoms with Crippen molar-refractivity contribution in [1.82, 2.24) is 0 Å². The molecular formula is C10H14FNO2S. The minimum atomic E-state index is -3.39. The molecule has 0 amide bonds. The molecule has 0 saturated carbocycles. The van der Waals surface area contributed by atoms with Crippen LogP contribution in [-0.2, 0) is 9.84 Å². The number of hydrogen-bond acceptors (Lipinski definition) is 3. The van der Waals surface area contributed by atoms with Gasteiger partial charge in [-0.25, -0.2) is 12.8 Å². The molecule has 5 heteroatoms. The van der Waals surface area contributed by atoms with E-state index in [-0.39, 0.29) is 16.3 Å². The van der Waals surface area contributed by atoms with Crippen LogP contribution < -0.4 is 5.73 Å². The van der Waals surface area contributed by atoms with Gasteiger partial charge in [0, 0.05) is 5.69 Å². The van der Waals surface area contributed by atoms with Crippen LogP contribution in [0.1, 0.15) is 19.8 Å². The molecule has 15 heavy (non-hydrogen) atoms. The molecule has 0 bridgehead atoms. The molecule has 0 radical (unpaired) electrons. The van der Waals surface area contributed by atoms with Gasteiger partial charge >= 0.3 is 0 Å². The highest BCUT2D eigenvalue weighted by molar-refractivity contribution is 7.91. The fourth-order valence-electron chi connectivity index (χ4n) is 1.22. The van der Waals surface area contributed by atoms with Crippen molar-refractivity contribution in [2.24, 2.45) is 0 Å². The average molecular weight is 231 g/mol. The molecule has 0 heterocycles. The third-order valence-corrected chi connectivity index (χ3v) is 3.80. The number of hydrogen-bond donors (Lipinski definition) is 1. The van der Waals surface area contributed by atoms with Crippen molar-refractivity contribution >= 4 is 15.5 Å². The fraction of sp³-hybridized carbons (Fsp3) is 0.400. The lowest BCUT2D eigenvalue weighted by atomic mass is 10.3. The summed E-state index contributed by atoms with van der Waals surface area (Å²) < 4.78 is 36.3. The van der Waals surface area contributed by atoms with Gasteiger partial charge in [0.1, 0.15) is 5.82 Å². The number of nitrogens with two attached hydrogens (primary N) is 1. The van der Waals surface area contributed by atoms with Gasteiger partial charge in [-0.15, -0.1) is 0 Å². The molecule has 0 aliphatic carbocycles. The first-order valence-corrected chi connectivity index (χ1v) is 6.40. The van der Waals surface area contributed by atoms with E-state index in [2.05, 4.69) is 0 Å². The first-order valence-electron chi connectivity index (χ1n) is 4.74. The highest BCUT2D eigenvalue weighted by Gasteiger charge is 2.15. The van der Waals surface area contributed by atoms with E-state index >= 15 is 0 Å². The fourth-order valence-corrected chi connectivity index (χ4v) is 2.73. The molecule has 0 saturated heterocycles. The topological polar surface area (TPSA) is 60.2 Å². The highest BCUT2D eigenvalue weighted by atomic mass is 32.2. The zero-order chi connectivity index (χ0) is 11.5. The standard InChI is InChI=1S/C10H14FNO2S/c1-2-3-4-15(13,14)10-6-8(11)5-9(12)7-10/h5-7H,2-4,12H2,1H3. The Morgan fingerprint density at radius 2 is 2.00 bits per heavy atom. The molecule has 0 unspecified atom stereocenters. The smallest absolute Gasteiger partial charge is 0.178 e. The van der Waals surface area contributed by atoms with E-state index in [1.165, 1.54) is 6.07 Å². The molecule has 1 aromatic rings. The van der Waals surface area contributed by atoms with Crippen molar-refractivity contribution < 1.29 is 12.8 Å². The predicted octanol–water partition coefficient (Wildman–Crippen LogP) is 1.98. The van der Waals surface area contributed by atoms with Crippen LogP contribution in [0.25, 0.3) is 0 Å². The number of rotatable bonds is 4. The minimum absolute atomic E-state index is 0.0338. The molecule has 0 aromatic heterocycles. The third kappa shape index (κ3) is 3.20. The highest BCUT2D eigenvalue weighted by Crippen LogP contribution is 2.18. The summed E-state index contributed by atoms with van der Waals surface area (Å²) in [5.41, 5.74) is 5.51. The summed E-state index contributed by atoms with van der Waals surface area (Å²) in [7, 11) is -3.39. The van der Waals surface area contributed by atoms with Crippen LogP contribution in [0.2, 0.25) is 0 Å². The molecule has 0 spiro atoms. The van der Waals surface area contributed by atoms with Crippen molar-refractivity contribution in [1.29, 1.82) is 0 Å². The second-order valence-electron chi connectivity index (χ2n) is 3.39. The molecule has 1 rings (SSSR count). The molecule has 0 aliphatic heterocycles. The normalized spacial score (nSPS) is 11.6. The molecule has 84 valence electrons. The molecule has 0 aliphatic rings. The lowest BCUT2D eigenvalue weighted by Gasteiger charge is -2.04. The lowest BCUT2D eigenvalue weighted by Crippen LogP contribution is -2.07. The van der Waals surface area contributed by atoms with Gasteiger partial charge in [-0.2, -0.15) is 0 Å². The van der Waals surface area contributed by atoms with Crippen molar-refractivity contribution in [3.8, 4) is 0 Å². The summed E-state index contributed by atoms with van der Waals surface area (Å²) in [6, 6.07) is 3.38. The summed E-state index contributed by atoms with van der Waals surface area (Å²) in [5, 5.41) is 0. The van der Waals surface area contributed by atoms with E-state index < -0.39 is 15.7 Å². The van der Waals surface area contributed by atoms with E-state index in [0.717, 1.165) is 18.6 Å².